The lowest BCUT2D eigenvalue weighted by Crippen LogP contribution is -2.26. The van der Waals surface area contributed by atoms with Crippen molar-refractivity contribution in [2.75, 3.05) is 41.8 Å². The molecule has 2 aromatic carbocycles. The predicted molar refractivity (Wildman–Crippen MR) is 124 cm³/mol. The second-order valence-electron chi connectivity index (χ2n) is 6.87. The maximum atomic E-state index is 11.5. The number of hydrogen-bond acceptors (Lipinski definition) is 6. The molecule has 0 amide bonds. The molecule has 6 nitrogen and oxygen atoms in total. The monoisotopic (exact) mass is 436 g/mol. The van der Waals surface area contributed by atoms with E-state index in [2.05, 4.69) is 57.3 Å². The van der Waals surface area contributed by atoms with Gasteiger partial charge in [0.15, 0.2) is 5.96 Å². The highest BCUT2D eigenvalue weighted by atomic mass is 35.5. The Balaban J connectivity index is 0.00000300. The van der Waals surface area contributed by atoms with Crippen LogP contribution in [0.2, 0.25) is 0 Å². The van der Waals surface area contributed by atoms with Crippen LogP contribution in [-0.2, 0) is 16.3 Å². The van der Waals surface area contributed by atoms with Crippen LogP contribution in [0.3, 0.4) is 0 Å². The minimum absolute atomic E-state index is 0. The van der Waals surface area contributed by atoms with Gasteiger partial charge in [-0.3, -0.25) is 4.99 Å². The normalized spacial score (nSPS) is 13.2. The number of anilines is 2. The van der Waals surface area contributed by atoms with Gasteiger partial charge in [0.05, 0.1) is 12.3 Å². The summed E-state index contributed by atoms with van der Waals surface area (Å²) in [5, 5.41) is 9.75. The van der Waals surface area contributed by atoms with Crippen molar-refractivity contribution in [1.29, 1.82) is 0 Å². The molecule has 3 N–H and O–H groups in total. The van der Waals surface area contributed by atoms with Crippen molar-refractivity contribution in [3.05, 3.63) is 59.7 Å². The van der Waals surface area contributed by atoms with E-state index in [0.717, 1.165) is 36.8 Å². The Morgan fingerprint density at radius 1 is 1.00 bits per heavy atom. The summed E-state index contributed by atoms with van der Waals surface area (Å²) in [5.74, 6) is 1.29. The first-order valence-corrected chi connectivity index (χ1v) is 11.5. The number of hydrogen-bond donors (Lipinski definition) is 3. The van der Waals surface area contributed by atoms with Crippen LogP contribution >= 0.6 is 12.4 Å². The molecule has 0 saturated heterocycles. The van der Waals surface area contributed by atoms with Crippen molar-refractivity contribution < 1.29 is 8.42 Å². The van der Waals surface area contributed by atoms with Crippen LogP contribution in [0, 0.1) is 0 Å². The van der Waals surface area contributed by atoms with Gasteiger partial charge in [0.25, 0.3) is 0 Å². The van der Waals surface area contributed by atoms with E-state index < -0.39 is 9.84 Å². The summed E-state index contributed by atoms with van der Waals surface area (Å²) in [7, 11) is -2.88. The van der Waals surface area contributed by atoms with E-state index in [9.17, 15) is 8.42 Å². The SMILES string of the molecule is CCS(=O)(=O)CCCNc1ccc(Cc2ccc(NC3=NCCN3)cc2)cc1.Cl. The second kappa shape index (κ2) is 11.1. The van der Waals surface area contributed by atoms with Crippen LogP contribution < -0.4 is 16.0 Å². The number of sulfone groups is 1. The Bertz CT molecular complexity index is 897. The Morgan fingerprint density at radius 2 is 1.62 bits per heavy atom. The van der Waals surface area contributed by atoms with Crippen molar-refractivity contribution in [3.63, 3.8) is 0 Å². The lowest BCUT2D eigenvalue weighted by atomic mass is 10.0. The molecular formula is C21H29ClN4O2S. The fraction of sp³-hybridized carbons (Fsp3) is 0.381. The molecule has 0 radical (unpaired) electrons. The first kappa shape index (κ1) is 23.0. The van der Waals surface area contributed by atoms with E-state index in [0.29, 0.717) is 13.0 Å². The molecule has 1 heterocycles. The van der Waals surface area contributed by atoms with E-state index in [1.807, 2.05) is 12.1 Å². The first-order valence-electron chi connectivity index (χ1n) is 9.71. The fourth-order valence-electron chi connectivity index (χ4n) is 2.97. The number of halogens is 1. The smallest absolute Gasteiger partial charge is 0.195 e. The van der Waals surface area contributed by atoms with Gasteiger partial charge in [-0.2, -0.15) is 0 Å². The van der Waals surface area contributed by atoms with Crippen LogP contribution in [0.5, 0.6) is 0 Å². The van der Waals surface area contributed by atoms with Crippen LogP contribution in [-0.4, -0.2) is 45.5 Å². The molecule has 1 aliphatic heterocycles. The minimum Gasteiger partial charge on any atom is -0.385 e. The summed E-state index contributed by atoms with van der Waals surface area (Å²) in [6.45, 7) is 4.06. The molecule has 0 bridgehead atoms. The molecule has 0 saturated carbocycles. The van der Waals surface area contributed by atoms with E-state index in [1.165, 1.54) is 11.1 Å². The molecule has 29 heavy (non-hydrogen) atoms. The van der Waals surface area contributed by atoms with Crippen LogP contribution in [0.25, 0.3) is 0 Å². The lowest BCUT2D eigenvalue weighted by Gasteiger charge is -2.09. The van der Waals surface area contributed by atoms with Gasteiger partial charge in [-0.15, -0.1) is 12.4 Å². The number of aliphatic imine (C=N–C) groups is 1. The zero-order valence-electron chi connectivity index (χ0n) is 16.6. The van der Waals surface area contributed by atoms with Crippen molar-refractivity contribution in [1.82, 2.24) is 5.32 Å². The maximum Gasteiger partial charge on any atom is 0.195 e. The van der Waals surface area contributed by atoms with Gasteiger partial charge in [0, 0.05) is 30.2 Å². The Kier molecular flexibility index (Phi) is 8.79. The Morgan fingerprint density at radius 3 is 2.17 bits per heavy atom. The second-order valence-corrected chi connectivity index (χ2v) is 9.34. The quantitative estimate of drug-likeness (QED) is 0.525. The number of benzene rings is 2. The largest absolute Gasteiger partial charge is 0.385 e. The van der Waals surface area contributed by atoms with Crippen LogP contribution in [0.4, 0.5) is 11.4 Å². The summed E-state index contributed by atoms with van der Waals surface area (Å²) >= 11 is 0. The van der Waals surface area contributed by atoms with Crippen molar-refractivity contribution in [3.8, 4) is 0 Å². The molecule has 0 aromatic heterocycles. The molecule has 0 fully saturated rings. The molecule has 158 valence electrons. The number of rotatable bonds is 9. The average Bonchev–Trinajstić information content (AvgIpc) is 3.21. The third-order valence-electron chi connectivity index (χ3n) is 4.65. The zero-order chi connectivity index (χ0) is 19.8. The predicted octanol–water partition coefficient (Wildman–Crippen LogP) is 3.31. The molecule has 1 aliphatic rings. The topological polar surface area (TPSA) is 82.6 Å². The van der Waals surface area contributed by atoms with E-state index >= 15 is 0 Å². The van der Waals surface area contributed by atoms with E-state index in [4.69, 9.17) is 0 Å². The van der Waals surface area contributed by atoms with Crippen molar-refractivity contribution in [2.45, 2.75) is 19.8 Å². The summed E-state index contributed by atoms with van der Waals surface area (Å²) in [6, 6.07) is 16.7. The average molecular weight is 437 g/mol. The van der Waals surface area contributed by atoms with Crippen molar-refractivity contribution in [2.24, 2.45) is 4.99 Å². The van der Waals surface area contributed by atoms with Gasteiger partial charge >= 0.3 is 0 Å². The zero-order valence-corrected chi connectivity index (χ0v) is 18.3. The number of nitrogens with zero attached hydrogens (tertiary/aromatic N) is 1. The minimum atomic E-state index is -2.88. The third kappa shape index (κ3) is 7.59. The first-order chi connectivity index (χ1) is 13.5. The highest BCUT2D eigenvalue weighted by Crippen LogP contribution is 2.16. The summed E-state index contributed by atoms with van der Waals surface area (Å²) in [4.78, 5) is 4.33. The Hall–Kier alpha value is -2.25. The fourth-order valence-corrected chi connectivity index (χ4v) is 3.84. The Labute approximate surface area is 179 Å². The van der Waals surface area contributed by atoms with Crippen LogP contribution in [0.15, 0.2) is 53.5 Å². The van der Waals surface area contributed by atoms with Crippen LogP contribution in [0.1, 0.15) is 24.5 Å². The van der Waals surface area contributed by atoms with Gasteiger partial charge in [-0.25, -0.2) is 8.42 Å². The van der Waals surface area contributed by atoms with Gasteiger partial charge in [-0.1, -0.05) is 31.2 Å². The van der Waals surface area contributed by atoms with E-state index in [1.54, 1.807) is 6.92 Å². The maximum absolute atomic E-state index is 11.5. The third-order valence-corrected chi connectivity index (χ3v) is 6.44. The van der Waals surface area contributed by atoms with Gasteiger partial charge in [0.2, 0.25) is 0 Å². The summed E-state index contributed by atoms with van der Waals surface area (Å²) in [6.07, 6.45) is 1.49. The van der Waals surface area contributed by atoms with Crippen molar-refractivity contribution >= 4 is 39.6 Å². The van der Waals surface area contributed by atoms with E-state index in [-0.39, 0.29) is 23.9 Å². The summed E-state index contributed by atoms with van der Waals surface area (Å²) in [5.41, 5.74) is 4.53. The highest BCUT2D eigenvalue weighted by Gasteiger charge is 2.06. The number of guanidine groups is 1. The van der Waals surface area contributed by atoms with Gasteiger partial charge in [0.1, 0.15) is 9.84 Å². The molecule has 3 rings (SSSR count). The summed E-state index contributed by atoms with van der Waals surface area (Å²) < 4.78 is 23.0. The molecule has 0 unspecified atom stereocenters. The molecular weight excluding hydrogens is 408 g/mol. The standard InChI is InChI=1S/C21H28N4O2S.ClH/c1-2-28(26,27)15-3-12-22-19-8-4-17(5-9-19)16-18-6-10-20(11-7-18)25-21-23-13-14-24-21;/h4-11,22H,2-3,12-16H2,1H3,(H2,23,24,25);1H. The molecule has 8 heteroatoms. The van der Waals surface area contributed by atoms with Gasteiger partial charge < -0.3 is 16.0 Å². The molecule has 0 spiro atoms. The molecule has 0 atom stereocenters. The molecule has 2 aromatic rings. The lowest BCUT2D eigenvalue weighted by molar-refractivity contribution is 0.595. The van der Waals surface area contributed by atoms with Gasteiger partial charge in [-0.05, 0) is 48.2 Å². The highest BCUT2D eigenvalue weighted by molar-refractivity contribution is 7.91. The number of nitrogens with one attached hydrogen (secondary N) is 3. The molecule has 0 aliphatic carbocycles.